The average Bonchev–Trinajstić information content (AvgIpc) is 3.12. The van der Waals surface area contributed by atoms with Crippen molar-refractivity contribution in [3.8, 4) is 0 Å². The molecule has 2 aliphatic heterocycles. The number of aliphatic imine (C=N–C) groups is 1. The third-order valence-electron chi connectivity index (χ3n) is 5.27. The maximum Gasteiger partial charge on any atom is 0.401 e. The van der Waals surface area contributed by atoms with E-state index in [4.69, 9.17) is 0 Å². The van der Waals surface area contributed by atoms with Crippen molar-refractivity contribution in [3.05, 3.63) is 23.9 Å². The van der Waals surface area contributed by atoms with E-state index in [1.165, 1.54) is 24.2 Å². The van der Waals surface area contributed by atoms with Crippen molar-refractivity contribution < 1.29 is 13.2 Å². The second-order valence-electron chi connectivity index (χ2n) is 7.75. The second-order valence-corrected chi connectivity index (χ2v) is 7.75. The number of rotatable bonds is 6. The largest absolute Gasteiger partial charge is 0.401 e. The molecule has 2 saturated heterocycles. The summed E-state index contributed by atoms with van der Waals surface area (Å²) < 4.78 is 37.8. The van der Waals surface area contributed by atoms with Crippen LogP contribution < -0.4 is 15.5 Å². The van der Waals surface area contributed by atoms with E-state index in [9.17, 15) is 13.2 Å². The molecule has 2 fully saturated rings. The van der Waals surface area contributed by atoms with Crippen molar-refractivity contribution in [2.75, 3.05) is 44.2 Å². The van der Waals surface area contributed by atoms with Crippen molar-refractivity contribution in [2.24, 2.45) is 4.99 Å². The Bertz CT molecular complexity index is 672. The molecule has 0 spiro atoms. The van der Waals surface area contributed by atoms with E-state index < -0.39 is 12.7 Å². The highest BCUT2D eigenvalue weighted by molar-refractivity contribution is 5.80. The number of halogens is 3. The molecule has 0 radical (unpaired) electrons. The first-order valence-corrected chi connectivity index (χ1v) is 10.5. The van der Waals surface area contributed by atoms with E-state index in [2.05, 4.69) is 31.6 Å². The fraction of sp³-hybridized carbons (Fsp3) is 0.700. The van der Waals surface area contributed by atoms with Gasteiger partial charge in [-0.2, -0.15) is 13.2 Å². The van der Waals surface area contributed by atoms with E-state index in [0.717, 1.165) is 24.5 Å². The SMILES string of the molecule is CCNC(=NCc1ccnc(N2CCCCC2)c1)NC1CCN(CC(F)(F)F)C1. The van der Waals surface area contributed by atoms with Crippen LogP contribution in [0.15, 0.2) is 23.3 Å². The Labute approximate surface area is 170 Å². The number of guanidine groups is 1. The molecule has 0 amide bonds. The number of hydrogen-bond donors (Lipinski definition) is 2. The Balaban J connectivity index is 1.57. The van der Waals surface area contributed by atoms with Crippen LogP contribution in [0.4, 0.5) is 19.0 Å². The van der Waals surface area contributed by atoms with Gasteiger partial charge in [-0.3, -0.25) is 4.90 Å². The Morgan fingerprint density at radius 1 is 1.24 bits per heavy atom. The summed E-state index contributed by atoms with van der Waals surface area (Å²) in [4.78, 5) is 12.9. The number of alkyl halides is 3. The zero-order valence-corrected chi connectivity index (χ0v) is 17.0. The van der Waals surface area contributed by atoms with Gasteiger partial charge in [0.2, 0.25) is 0 Å². The summed E-state index contributed by atoms with van der Waals surface area (Å²) in [5.41, 5.74) is 1.07. The van der Waals surface area contributed by atoms with E-state index in [-0.39, 0.29) is 6.04 Å². The second kappa shape index (κ2) is 10.1. The van der Waals surface area contributed by atoms with E-state index >= 15 is 0 Å². The van der Waals surface area contributed by atoms with E-state index in [1.54, 1.807) is 0 Å². The topological polar surface area (TPSA) is 55.8 Å². The summed E-state index contributed by atoms with van der Waals surface area (Å²) in [6.07, 6.45) is 2.02. The van der Waals surface area contributed by atoms with Crippen LogP contribution in [0.25, 0.3) is 0 Å². The average molecular weight is 413 g/mol. The van der Waals surface area contributed by atoms with Crippen LogP contribution >= 0.6 is 0 Å². The van der Waals surface area contributed by atoms with Gasteiger partial charge in [0.05, 0.1) is 13.1 Å². The number of pyridine rings is 1. The van der Waals surface area contributed by atoms with Crippen LogP contribution in [0, 0.1) is 0 Å². The Hall–Kier alpha value is -2.03. The van der Waals surface area contributed by atoms with Crippen LogP contribution in [-0.4, -0.2) is 67.3 Å². The minimum atomic E-state index is -4.15. The molecule has 2 N–H and O–H groups in total. The molecule has 29 heavy (non-hydrogen) atoms. The zero-order valence-electron chi connectivity index (χ0n) is 17.0. The molecule has 3 rings (SSSR count). The highest BCUT2D eigenvalue weighted by Gasteiger charge is 2.34. The summed E-state index contributed by atoms with van der Waals surface area (Å²) in [6, 6.07) is 4.01. The molecule has 1 aromatic rings. The van der Waals surface area contributed by atoms with Crippen LogP contribution in [0.2, 0.25) is 0 Å². The minimum absolute atomic E-state index is 0.0310. The summed E-state index contributed by atoms with van der Waals surface area (Å²) >= 11 is 0. The van der Waals surface area contributed by atoms with Gasteiger partial charge >= 0.3 is 6.18 Å². The third-order valence-corrected chi connectivity index (χ3v) is 5.27. The molecule has 1 unspecified atom stereocenters. The minimum Gasteiger partial charge on any atom is -0.357 e. The van der Waals surface area contributed by atoms with Gasteiger partial charge in [-0.05, 0) is 50.3 Å². The summed E-state index contributed by atoms with van der Waals surface area (Å²) in [6.45, 7) is 5.22. The molecule has 3 heterocycles. The van der Waals surface area contributed by atoms with Gasteiger partial charge in [0.15, 0.2) is 5.96 Å². The molecular formula is C20H31F3N6. The summed E-state index contributed by atoms with van der Waals surface area (Å²) in [5, 5.41) is 6.48. The van der Waals surface area contributed by atoms with Crippen LogP contribution in [0.1, 0.15) is 38.2 Å². The Kier molecular flexibility index (Phi) is 7.57. The van der Waals surface area contributed by atoms with Gasteiger partial charge in [0.1, 0.15) is 5.82 Å². The first kappa shape index (κ1) is 21.7. The molecule has 2 aliphatic rings. The van der Waals surface area contributed by atoms with Crippen LogP contribution in [0.5, 0.6) is 0 Å². The standard InChI is InChI=1S/C20H31F3N6/c1-2-24-19(27-17-7-11-28(14-17)15-20(21,22)23)26-13-16-6-8-25-18(12-16)29-9-4-3-5-10-29/h6,8,12,17H,2-5,7,9-11,13-15H2,1H3,(H2,24,26,27). The molecule has 0 saturated carbocycles. The monoisotopic (exact) mass is 412 g/mol. The lowest BCUT2D eigenvalue weighted by Gasteiger charge is -2.27. The highest BCUT2D eigenvalue weighted by Crippen LogP contribution is 2.20. The molecule has 162 valence electrons. The number of piperidine rings is 1. The molecular weight excluding hydrogens is 381 g/mol. The molecule has 1 atom stereocenters. The fourth-order valence-electron chi connectivity index (χ4n) is 3.89. The van der Waals surface area contributed by atoms with Crippen LogP contribution in [0.3, 0.4) is 0 Å². The van der Waals surface area contributed by atoms with Crippen molar-refractivity contribution in [1.82, 2.24) is 20.5 Å². The van der Waals surface area contributed by atoms with Gasteiger partial charge in [-0.25, -0.2) is 9.98 Å². The summed E-state index contributed by atoms with van der Waals surface area (Å²) in [5.74, 6) is 1.64. The van der Waals surface area contributed by atoms with Gasteiger partial charge in [-0.15, -0.1) is 0 Å². The molecule has 9 heteroatoms. The molecule has 0 bridgehead atoms. The quantitative estimate of drug-likeness (QED) is 0.556. The lowest BCUT2D eigenvalue weighted by molar-refractivity contribution is -0.143. The first-order chi connectivity index (χ1) is 13.9. The van der Waals surface area contributed by atoms with Gasteiger partial charge in [0.25, 0.3) is 0 Å². The van der Waals surface area contributed by atoms with Gasteiger partial charge in [0, 0.05) is 45.0 Å². The molecule has 0 aromatic carbocycles. The lowest BCUT2D eigenvalue weighted by Crippen LogP contribution is -2.45. The Morgan fingerprint density at radius 3 is 2.76 bits per heavy atom. The molecule has 6 nitrogen and oxygen atoms in total. The number of hydrogen-bond acceptors (Lipinski definition) is 4. The lowest BCUT2D eigenvalue weighted by atomic mass is 10.1. The van der Waals surface area contributed by atoms with Crippen molar-refractivity contribution in [3.63, 3.8) is 0 Å². The van der Waals surface area contributed by atoms with Crippen LogP contribution in [-0.2, 0) is 6.54 Å². The zero-order chi connectivity index (χ0) is 20.7. The predicted octanol–water partition coefficient (Wildman–Crippen LogP) is 2.76. The normalized spacial score (nSPS) is 21.4. The maximum absolute atomic E-state index is 12.6. The van der Waals surface area contributed by atoms with Crippen molar-refractivity contribution in [1.29, 1.82) is 0 Å². The van der Waals surface area contributed by atoms with E-state index in [1.807, 2.05) is 19.2 Å². The Morgan fingerprint density at radius 2 is 2.03 bits per heavy atom. The van der Waals surface area contributed by atoms with E-state index in [0.29, 0.717) is 38.6 Å². The van der Waals surface area contributed by atoms with Crippen molar-refractivity contribution >= 4 is 11.8 Å². The molecule has 1 aromatic heterocycles. The predicted molar refractivity (Wildman–Crippen MR) is 109 cm³/mol. The summed E-state index contributed by atoms with van der Waals surface area (Å²) in [7, 11) is 0. The van der Waals surface area contributed by atoms with Gasteiger partial charge < -0.3 is 15.5 Å². The fourth-order valence-corrected chi connectivity index (χ4v) is 3.89. The first-order valence-electron chi connectivity index (χ1n) is 10.5. The number of nitrogens with one attached hydrogen (secondary N) is 2. The number of anilines is 1. The van der Waals surface area contributed by atoms with Gasteiger partial charge in [-0.1, -0.05) is 0 Å². The van der Waals surface area contributed by atoms with Crippen molar-refractivity contribution in [2.45, 2.75) is 51.4 Å². The molecule has 0 aliphatic carbocycles. The highest BCUT2D eigenvalue weighted by atomic mass is 19.4. The third kappa shape index (κ3) is 7.06. The number of aromatic nitrogens is 1. The maximum atomic E-state index is 12.6. The number of nitrogens with zero attached hydrogens (tertiary/aromatic N) is 4. The number of likely N-dealkylation sites (tertiary alicyclic amines) is 1. The smallest absolute Gasteiger partial charge is 0.357 e.